The lowest BCUT2D eigenvalue weighted by molar-refractivity contribution is 0.262. The number of halogens is 1. The van der Waals surface area contributed by atoms with E-state index in [1.165, 1.54) is 18.2 Å². The van der Waals surface area contributed by atoms with Gasteiger partial charge in [-0.25, -0.2) is 4.79 Å². The monoisotopic (exact) mass is 354 g/mol. The molecule has 0 unspecified atom stereocenters. The van der Waals surface area contributed by atoms with Gasteiger partial charge in [-0.2, -0.15) is 0 Å². The lowest BCUT2D eigenvalue weighted by Gasteiger charge is -2.10. The molecule has 2 amide bonds. The van der Waals surface area contributed by atoms with Crippen LogP contribution in [0.5, 0.6) is 17.2 Å². The van der Waals surface area contributed by atoms with E-state index in [0.29, 0.717) is 16.5 Å². The molecule has 25 heavy (non-hydrogen) atoms. The molecule has 126 valence electrons. The third kappa shape index (κ3) is 4.65. The van der Waals surface area contributed by atoms with Gasteiger partial charge in [0.25, 0.3) is 0 Å². The van der Waals surface area contributed by atoms with Crippen molar-refractivity contribution in [3.8, 4) is 17.2 Å². The van der Waals surface area contributed by atoms with E-state index in [1.807, 2.05) is 30.3 Å². The van der Waals surface area contributed by atoms with Gasteiger partial charge < -0.3 is 20.5 Å². The Labute approximate surface area is 149 Å². The number of para-hydroxylation sites is 1. The van der Waals surface area contributed by atoms with E-state index in [9.17, 15) is 9.90 Å². The standard InChI is InChI=1S/C19H15ClN2O3/c20-13-6-11-18(23)17(12-13)22-19(24)21-14-7-9-16(10-8-14)25-15-4-2-1-3-5-15/h1-12,23H,(H2,21,22,24). The first-order chi connectivity index (χ1) is 12.1. The van der Waals surface area contributed by atoms with Crippen molar-refractivity contribution in [3.05, 3.63) is 77.8 Å². The van der Waals surface area contributed by atoms with Gasteiger partial charge in [-0.3, -0.25) is 0 Å². The molecule has 0 spiro atoms. The first kappa shape index (κ1) is 16.7. The number of rotatable bonds is 4. The third-order valence-electron chi connectivity index (χ3n) is 3.30. The summed E-state index contributed by atoms with van der Waals surface area (Å²) in [4.78, 5) is 12.0. The molecule has 3 rings (SSSR count). The molecule has 0 atom stereocenters. The van der Waals surface area contributed by atoms with Crippen molar-refractivity contribution in [2.45, 2.75) is 0 Å². The summed E-state index contributed by atoms with van der Waals surface area (Å²) in [5.41, 5.74) is 0.813. The number of ether oxygens (including phenoxy) is 1. The average Bonchev–Trinajstić information content (AvgIpc) is 2.61. The summed E-state index contributed by atoms with van der Waals surface area (Å²) in [5.74, 6) is 1.33. The molecule has 0 radical (unpaired) electrons. The number of urea groups is 1. The van der Waals surface area contributed by atoms with E-state index in [1.54, 1.807) is 24.3 Å². The van der Waals surface area contributed by atoms with Gasteiger partial charge in [0.2, 0.25) is 0 Å². The van der Waals surface area contributed by atoms with Gasteiger partial charge in [-0.1, -0.05) is 29.8 Å². The molecular formula is C19H15ClN2O3. The SMILES string of the molecule is O=C(Nc1ccc(Oc2ccccc2)cc1)Nc1cc(Cl)ccc1O. The van der Waals surface area contributed by atoms with E-state index in [-0.39, 0.29) is 11.4 Å². The Hall–Kier alpha value is -3.18. The molecule has 3 aromatic rings. The second-order valence-corrected chi connectivity index (χ2v) is 5.62. The fraction of sp³-hybridized carbons (Fsp3) is 0. The van der Waals surface area contributed by atoms with Gasteiger partial charge in [0.15, 0.2) is 0 Å². The van der Waals surface area contributed by atoms with Crippen LogP contribution in [-0.4, -0.2) is 11.1 Å². The molecule has 0 aliphatic heterocycles. The van der Waals surface area contributed by atoms with Crippen molar-refractivity contribution in [1.29, 1.82) is 0 Å². The Balaban J connectivity index is 1.61. The number of carbonyl (C=O) groups excluding carboxylic acids is 1. The summed E-state index contributed by atoms with van der Waals surface area (Å²) in [6, 6.07) is 20.3. The highest BCUT2D eigenvalue weighted by Crippen LogP contribution is 2.27. The van der Waals surface area contributed by atoms with Crippen molar-refractivity contribution in [2.75, 3.05) is 10.6 Å². The molecule has 0 fully saturated rings. The van der Waals surface area contributed by atoms with E-state index >= 15 is 0 Å². The number of hydrogen-bond donors (Lipinski definition) is 3. The number of aromatic hydroxyl groups is 1. The van der Waals surface area contributed by atoms with E-state index < -0.39 is 6.03 Å². The quantitative estimate of drug-likeness (QED) is 0.543. The first-order valence-electron chi connectivity index (χ1n) is 7.50. The summed E-state index contributed by atoms with van der Waals surface area (Å²) in [6.45, 7) is 0. The Morgan fingerprint density at radius 3 is 2.28 bits per heavy atom. The minimum Gasteiger partial charge on any atom is -0.506 e. The maximum Gasteiger partial charge on any atom is 0.323 e. The molecule has 0 heterocycles. The van der Waals surface area contributed by atoms with E-state index in [4.69, 9.17) is 16.3 Å². The molecular weight excluding hydrogens is 340 g/mol. The molecule has 0 saturated carbocycles. The number of phenols is 1. The van der Waals surface area contributed by atoms with Crippen LogP contribution in [0.4, 0.5) is 16.2 Å². The van der Waals surface area contributed by atoms with Gasteiger partial charge in [0.1, 0.15) is 17.2 Å². The van der Waals surface area contributed by atoms with E-state index in [0.717, 1.165) is 5.75 Å². The van der Waals surface area contributed by atoms with Gasteiger partial charge in [0, 0.05) is 10.7 Å². The van der Waals surface area contributed by atoms with E-state index in [2.05, 4.69) is 10.6 Å². The predicted molar refractivity (Wildman–Crippen MR) is 98.7 cm³/mol. The Morgan fingerprint density at radius 2 is 1.56 bits per heavy atom. The molecule has 0 aliphatic rings. The van der Waals surface area contributed by atoms with Gasteiger partial charge >= 0.3 is 6.03 Å². The summed E-state index contributed by atoms with van der Waals surface area (Å²) in [6.07, 6.45) is 0. The molecule has 0 aliphatic carbocycles. The van der Waals surface area contributed by atoms with Crippen LogP contribution in [0.15, 0.2) is 72.8 Å². The van der Waals surface area contributed by atoms with Crippen molar-refractivity contribution in [3.63, 3.8) is 0 Å². The minimum absolute atomic E-state index is 0.0637. The predicted octanol–water partition coefficient (Wildman–Crippen LogP) is 5.48. The van der Waals surface area contributed by atoms with Crippen LogP contribution in [0.3, 0.4) is 0 Å². The van der Waals surface area contributed by atoms with Crippen LogP contribution >= 0.6 is 11.6 Å². The third-order valence-corrected chi connectivity index (χ3v) is 3.53. The fourth-order valence-corrected chi connectivity index (χ4v) is 2.30. The fourth-order valence-electron chi connectivity index (χ4n) is 2.12. The number of anilines is 2. The Kier molecular flexibility index (Phi) is 5.06. The average molecular weight is 355 g/mol. The lowest BCUT2D eigenvalue weighted by Crippen LogP contribution is -2.19. The molecule has 3 aromatic carbocycles. The number of phenolic OH excluding ortho intramolecular Hbond substituents is 1. The zero-order valence-corrected chi connectivity index (χ0v) is 13.8. The summed E-state index contributed by atoms with van der Waals surface area (Å²) in [7, 11) is 0. The van der Waals surface area contributed by atoms with Crippen LogP contribution in [0.25, 0.3) is 0 Å². The molecule has 0 aromatic heterocycles. The smallest absolute Gasteiger partial charge is 0.323 e. The second-order valence-electron chi connectivity index (χ2n) is 5.18. The number of benzene rings is 3. The summed E-state index contributed by atoms with van der Waals surface area (Å²) in [5, 5.41) is 15.3. The van der Waals surface area contributed by atoms with Crippen LogP contribution in [-0.2, 0) is 0 Å². The highest BCUT2D eigenvalue weighted by atomic mass is 35.5. The number of nitrogens with one attached hydrogen (secondary N) is 2. The maximum atomic E-state index is 12.0. The maximum absolute atomic E-state index is 12.0. The Bertz CT molecular complexity index is 868. The largest absolute Gasteiger partial charge is 0.506 e. The number of carbonyl (C=O) groups is 1. The van der Waals surface area contributed by atoms with Gasteiger partial charge in [-0.05, 0) is 54.6 Å². The summed E-state index contributed by atoms with van der Waals surface area (Å²) < 4.78 is 5.69. The van der Waals surface area contributed by atoms with Crippen LogP contribution in [0, 0.1) is 0 Å². The first-order valence-corrected chi connectivity index (χ1v) is 7.87. The molecule has 0 bridgehead atoms. The highest BCUT2D eigenvalue weighted by Gasteiger charge is 2.07. The van der Waals surface area contributed by atoms with Crippen molar-refractivity contribution in [1.82, 2.24) is 0 Å². The van der Waals surface area contributed by atoms with Crippen molar-refractivity contribution < 1.29 is 14.6 Å². The molecule has 6 heteroatoms. The highest BCUT2D eigenvalue weighted by molar-refractivity contribution is 6.31. The summed E-state index contributed by atoms with van der Waals surface area (Å²) >= 11 is 5.85. The second kappa shape index (κ2) is 7.59. The molecule has 3 N–H and O–H groups in total. The van der Waals surface area contributed by atoms with Crippen LogP contribution in [0.1, 0.15) is 0 Å². The van der Waals surface area contributed by atoms with Crippen LogP contribution in [0.2, 0.25) is 5.02 Å². The molecule has 0 saturated heterocycles. The number of hydrogen-bond acceptors (Lipinski definition) is 3. The Morgan fingerprint density at radius 1 is 0.880 bits per heavy atom. The topological polar surface area (TPSA) is 70.6 Å². The minimum atomic E-state index is -0.491. The van der Waals surface area contributed by atoms with Crippen molar-refractivity contribution >= 4 is 29.0 Å². The number of amides is 2. The zero-order valence-electron chi connectivity index (χ0n) is 13.1. The van der Waals surface area contributed by atoms with Crippen LogP contribution < -0.4 is 15.4 Å². The van der Waals surface area contributed by atoms with Crippen molar-refractivity contribution in [2.24, 2.45) is 0 Å². The lowest BCUT2D eigenvalue weighted by atomic mass is 10.3. The van der Waals surface area contributed by atoms with Gasteiger partial charge in [0.05, 0.1) is 5.69 Å². The van der Waals surface area contributed by atoms with Gasteiger partial charge in [-0.15, -0.1) is 0 Å². The normalized spacial score (nSPS) is 10.1. The zero-order chi connectivity index (χ0) is 17.6. The molecule has 5 nitrogen and oxygen atoms in total.